The van der Waals surface area contributed by atoms with Crippen LogP contribution in [0.4, 0.5) is 18.0 Å². The second-order valence-corrected chi connectivity index (χ2v) is 10.1. The average molecular weight is 557 g/mol. The van der Waals surface area contributed by atoms with Crippen LogP contribution in [0.15, 0.2) is 29.3 Å². The number of guanidine groups is 1. The van der Waals surface area contributed by atoms with Gasteiger partial charge in [-0.25, -0.2) is 4.79 Å². The van der Waals surface area contributed by atoms with Gasteiger partial charge in [0.1, 0.15) is 24.0 Å². The smallest absolute Gasteiger partial charge is 0.416 e. The molecule has 0 radical (unpaired) electrons. The molecule has 0 aliphatic carbocycles. The molecular weight excluding hydrogens is 521 g/mol. The highest BCUT2D eigenvalue weighted by Gasteiger charge is 2.40. The van der Waals surface area contributed by atoms with Gasteiger partial charge in [0.05, 0.1) is 11.6 Å². The van der Waals surface area contributed by atoms with E-state index in [0.29, 0.717) is 19.1 Å². The lowest BCUT2D eigenvalue weighted by Crippen LogP contribution is -2.52. The van der Waals surface area contributed by atoms with Crippen molar-refractivity contribution >= 4 is 30.2 Å². The van der Waals surface area contributed by atoms with E-state index in [-0.39, 0.29) is 37.5 Å². The minimum absolute atomic E-state index is 0.0999. The fraction of sp³-hybridized carbons (Fsp3) is 0.560. The highest BCUT2D eigenvalue weighted by atomic mass is 19.4. The zero-order valence-electron chi connectivity index (χ0n) is 22.1. The van der Waals surface area contributed by atoms with E-state index in [9.17, 15) is 32.3 Å². The largest absolute Gasteiger partial charge is 0.444 e. The molecule has 3 amide bonds. The van der Waals surface area contributed by atoms with Crippen LogP contribution in [0.25, 0.3) is 0 Å². The molecule has 0 aromatic heterocycles. The molecule has 39 heavy (non-hydrogen) atoms. The van der Waals surface area contributed by atoms with Gasteiger partial charge in [-0.2, -0.15) is 13.2 Å². The minimum atomic E-state index is -4.68. The summed E-state index contributed by atoms with van der Waals surface area (Å²) in [6.07, 6.45) is -3.78. The summed E-state index contributed by atoms with van der Waals surface area (Å²) in [5.74, 6) is -1.48. The molecule has 1 heterocycles. The molecule has 6 N–H and O–H groups in total. The third-order valence-electron chi connectivity index (χ3n) is 5.75. The first-order valence-electron chi connectivity index (χ1n) is 12.4. The SMILES string of the molecule is CC(C)(C)OC(=O)NC(C(=O)N1CCC[C@H]1C(=O)N[C@H](C=O)CCCN=C(N)N)c1cccc(C(F)(F)F)c1. The lowest BCUT2D eigenvalue weighted by atomic mass is 10.0. The van der Waals surface area contributed by atoms with E-state index < -0.39 is 53.4 Å². The molecule has 0 bridgehead atoms. The van der Waals surface area contributed by atoms with Crippen molar-refractivity contribution in [1.29, 1.82) is 0 Å². The molecule has 2 rings (SSSR count). The Morgan fingerprint density at radius 3 is 2.49 bits per heavy atom. The zero-order valence-corrected chi connectivity index (χ0v) is 22.1. The highest BCUT2D eigenvalue weighted by Crippen LogP contribution is 2.32. The summed E-state index contributed by atoms with van der Waals surface area (Å²) in [4.78, 5) is 55.7. The second-order valence-electron chi connectivity index (χ2n) is 10.1. The van der Waals surface area contributed by atoms with E-state index in [1.165, 1.54) is 11.0 Å². The van der Waals surface area contributed by atoms with E-state index in [1.54, 1.807) is 20.8 Å². The van der Waals surface area contributed by atoms with E-state index in [1.807, 2.05) is 0 Å². The monoisotopic (exact) mass is 556 g/mol. The van der Waals surface area contributed by atoms with E-state index in [0.717, 1.165) is 18.2 Å². The number of alkyl halides is 3. The number of likely N-dealkylation sites (tertiary alicyclic amines) is 1. The Hall–Kier alpha value is -3.84. The van der Waals surface area contributed by atoms with Crippen LogP contribution in [0, 0.1) is 0 Å². The minimum Gasteiger partial charge on any atom is -0.444 e. The molecule has 1 aliphatic rings. The number of ether oxygens (including phenoxy) is 1. The van der Waals surface area contributed by atoms with E-state index >= 15 is 0 Å². The molecule has 1 saturated heterocycles. The summed E-state index contributed by atoms with van der Waals surface area (Å²) in [6, 6.07) is 0.605. The number of nitrogens with zero attached hydrogens (tertiary/aromatic N) is 2. The Morgan fingerprint density at radius 1 is 1.21 bits per heavy atom. The summed E-state index contributed by atoms with van der Waals surface area (Å²) < 4.78 is 45.4. The fourth-order valence-electron chi connectivity index (χ4n) is 4.05. The quantitative estimate of drug-likeness (QED) is 0.148. The topological polar surface area (TPSA) is 169 Å². The Labute approximate surface area is 224 Å². The molecule has 1 fully saturated rings. The molecule has 14 heteroatoms. The lowest BCUT2D eigenvalue weighted by molar-refractivity contribution is -0.141. The van der Waals surface area contributed by atoms with Crippen molar-refractivity contribution < 1.29 is 37.1 Å². The summed E-state index contributed by atoms with van der Waals surface area (Å²) in [7, 11) is 0. The number of hydrogen-bond acceptors (Lipinski definition) is 6. The number of hydrogen-bond donors (Lipinski definition) is 4. The molecule has 0 spiro atoms. The number of rotatable bonds is 10. The molecule has 3 atom stereocenters. The molecule has 1 aromatic rings. The van der Waals surface area contributed by atoms with E-state index in [2.05, 4.69) is 15.6 Å². The molecule has 0 saturated carbocycles. The van der Waals surface area contributed by atoms with Crippen LogP contribution < -0.4 is 22.1 Å². The summed E-state index contributed by atoms with van der Waals surface area (Å²) >= 11 is 0. The summed E-state index contributed by atoms with van der Waals surface area (Å²) in [5.41, 5.74) is 8.46. The summed E-state index contributed by atoms with van der Waals surface area (Å²) in [6.45, 7) is 5.16. The molecular formula is C25H35F3N6O5. The van der Waals surface area contributed by atoms with Gasteiger partial charge in [0.2, 0.25) is 5.91 Å². The molecule has 11 nitrogen and oxygen atoms in total. The first-order valence-corrected chi connectivity index (χ1v) is 12.4. The van der Waals surface area contributed by atoms with Gasteiger partial charge in [-0.15, -0.1) is 0 Å². The van der Waals surface area contributed by atoms with Crippen molar-refractivity contribution in [2.45, 2.75) is 76.4 Å². The van der Waals surface area contributed by atoms with Crippen molar-refractivity contribution in [3.63, 3.8) is 0 Å². The van der Waals surface area contributed by atoms with Crippen molar-refractivity contribution in [2.24, 2.45) is 16.5 Å². The number of alkyl carbamates (subject to hydrolysis) is 1. The zero-order chi connectivity index (χ0) is 29.4. The number of nitrogens with two attached hydrogens (primary N) is 2. The van der Waals surface area contributed by atoms with Crippen LogP contribution >= 0.6 is 0 Å². The number of amides is 3. The van der Waals surface area contributed by atoms with Crippen LogP contribution in [0.3, 0.4) is 0 Å². The van der Waals surface area contributed by atoms with Gasteiger partial charge in [0.15, 0.2) is 5.96 Å². The van der Waals surface area contributed by atoms with Crippen LogP contribution in [0.5, 0.6) is 0 Å². The fourth-order valence-corrected chi connectivity index (χ4v) is 4.05. The molecule has 1 unspecified atom stereocenters. The van der Waals surface area contributed by atoms with Gasteiger partial charge in [-0.05, 0) is 64.2 Å². The van der Waals surface area contributed by atoms with Crippen molar-refractivity contribution in [3.8, 4) is 0 Å². The molecule has 1 aliphatic heterocycles. The highest BCUT2D eigenvalue weighted by molar-refractivity contribution is 5.93. The third kappa shape index (κ3) is 9.76. The number of carbonyl (C=O) groups excluding carboxylic acids is 4. The maximum atomic E-state index is 13.6. The van der Waals surface area contributed by atoms with Crippen molar-refractivity contribution in [2.75, 3.05) is 13.1 Å². The lowest BCUT2D eigenvalue weighted by Gasteiger charge is -2.30. The number of carbonyl (C=O) groups is 4. The van der Waals surface area contributed by atoms with Crippen molar-refractivity contribution in [3.05, 3.63) is 35.4 Å². The number of aldehydes is 1. The van der Waals surface area contributed by atoms with Crippen LogP contribution in [0.2, 0.25) is 0 Å². The standard InChI is InChI=1S/C25H35F3N6O5/c1-24(2,3)39-23(38)33-19(15-7-4-8-16(13-15)25(26,27)28)21(37)34-12-6-10-18(34)20(36)32-17(14-35)9-5-11-31-22(29)30/h4,7-8,13-14,17-19H,5-6,9-12H2,1-3H3,(H,32,36)(H,33,38)(H4,29,30,31)/t17-,18-,19?/m0/s1. The number of nitrogens with one attached hydrogen (secondary N) is 2. The van der Waals surface area contributed by atoms with Crippen molar-refractivity contribution in [1.82, 2.24) is 15.5 Å². The van der Waals surface area contributed by atoms with Gasteiger partial charge in [0, 0.05) is 13.1 Å². The molecule has 1 aromatic carbocycles. The summed E-state index contributed by atoms with van der Waals surface area (Å²) in [5, 5.41) is 4.95. The van der Waals surface area contributed by atoms with Gasteiger partial charge in [-0.1, -0.05) is 12.1 Å². The number of aliphatic imine (C=N–C) groups is 1. The Bertz CT molecular complexity index is 1070. The van der Waals surface area contributed by atoms with Crippen LogP contribution in [-0.2, 0) is 25.3 Å². The van der Waals surface area contributed by atoms with Crippen LogP contribution in [0.1, 0.15) is 63.6 Å². The first kappa shape index (κ1) is 31.4. The third-order valence-corrected chi connectivity index (χ3v) is 5.75. The maximum absolute atomic E-state index is 13.6. The van der Waals surface area contributed by atoms with Gasteiger partial charge in [-0.3, -0.25) is 14.6 Å². The Kier molecular flexibility index (Phi) is 10.7. The van der Waals surface area contributed by atoms with Gasteiger partial charge < -0.3 is 36.5 Å². The van der Waals surface area contributed by atoms with Gasteiger partial charge in [0.25, 0.3) is 5.91 Å². The number of halogens is 3. The second kappa shape index (κ2) is 13.3. The average Bonchev–Trinajstić information content (AvgIpc) is 3.32. The number of benzene rings is 1. The maximum Gasteiger partial charge on any atom is 0.416 e. The van der Waals surface area contributed by atoms with E-state index in [4.69, 9.17) is 16.2 Å². The van der Waals surface area contributed by atoms with Crippen LogP contribution in [-0.4, -0.2) is 65.8 Å². The molecule has 216 valence electrons. The normalized spacial score (nSPS) is 17.1. The first-order chi connectivity index (χ1) is 18.1. The Balaban J connectivity index is 2.27. The predicted molar refractivity (Wildman–Crippen MR) is 136 cm³/mol. The Morgan fingerprint density at radius 2 is 1.90 bits per heavy atom. The predicted octanol–water partition coefficient (Wildman–Crippen LogP) is 2.00. The van der Waals surface area contributed by atoms with Gasteiger partial charge >= 0.3 is 12.3 Å².